The molecule has 0 atom stereocenters. The molecule has 0 fully saturated rings. The van der Waals surface area contributed by atoms with E-state index in [1.807, 2.05) is 0 Å². The van der Waals surface area contributed by atoms with Crippen LogP contribution in [-0.4, -0.2) is 33.8 Å². The topological polar surface area (TPSA) is 98.8 Å². The number of hydrogen-bond donors (Lipinski definition) is 1. The van der Waals surface area contributed by atoms with Gasteiger partial charge in [-0.2, -0.15) is 12.8 Å². The zero-order chi connectivity index (χ0) is 12.6. The summed E-state index contributed by atoms with van der Waals surface area (Å²) in [5, 5.41) is 0. The second-order valence-corrected chi connectivity index (χ2v) is 4.99. The molecule has 0 saturated heterocycles. The van der Waals surface area contributed by atoms with Crippen molar-refractivity contribution in [3.8, 4) is 0 Å². The number of fused-ring (bicyclic) bond motifs is 1. The fourth-order valence-corrected chi connectivity index (χ4v) is 2.87. The van der Waals surface area contributed by atoms with Crippen LogP contribution in [0.1, 0.15) is 15.9 Å². The summed E-state index contributed by atoms with van der Waals surface area (Å²) in [5.41, 5.74) is 6.31. The zero-order valence-electron chi connectivity index (χ0n) is 9.00. The molecule has 6 nitrogen and oxygen atoms in total. The van der Waals surface area contributed by atoms with E-state index in [2.05, 4.69) is 9.13 Å². The summed E-state index contributed by atoms with van der Waals surface area (Å²) in [5.74, 6) is -0.534. The summed E-state index contributed by atoms with van der Waals surface area (Å²) in [6.07, 6.45) is 0. The molecule has 0 aliphatic carbocycles. The lowest BCUT2D eigenvalue weighted by Gasteiger charge is -2.03. The Balaban J connectivity index is 2.62. The lowest BCUT2D eigenvalue weighted by molar-refractivity contribution is 0.0600. The predicted octanol–water partition coefficient (Wildman–Crippen LogP) is -0.0767. The minimum atomic E-state index is -3.66. The highest BCUT2D eigenvalue weighted by Crippen LogP contribution is 2.27. The highest BCUT2D eigenvalue weighted by atomic mass is 32.2. The molecule has 0 saturated carbocycles. The Morgan fingerprint density at radius 2 is 2.18 bits per heavy atom. The molecular weight excluding hydrogens is 244 g/mol. The van der Waals surface area contributed by atoms with Crippen LogP contribution < -0.4 is 5.73 Å². The summed E-state index contributed by atoms with van der Waals surface area (Å²) in [7, 11) is -2.41. The molecule has 1 aliphatic rings. The Bertz CT molecular complexity index is 619. The van der Waals surface area contributed by atoms with Crippen molar-refractivity contribution < 1.29 is 17.9 Å². The van der Waals surface area contributed by atoms with E-state index in [-0.39, 0.29) is 22.7 Å². The average molecular weight is 254 g/mol. The summed E-state index contributed by atoms with van der Waals surface area (Å²) < 4.78 is 31.3. The fraction of sp³-hybridized carbons (Fsp3) is 0.200. The summed E-state index contributed by atoms with van der Waals surface area (Å²) in [4.78, 5) is 11.4. The molecule has 0 amide bonds. The number of rotatable bonds is 2. The maximum atomic E-state index is 11.6. The second-order valence-electron chi connectivity index (χ2n) is 3.42. The summed E-state index contributed by atoms with van der Waals surface area (Å²) in [6.45, 7) is -0.00312. The summed E-state index contributed by atoms with van der Waals surface area (Å²) >= 11 is 0. The van der Waals surface area contributed by atoms with Gasteiger partial charge >= 0.3 is 5.97 Å². The van der Waals surface area contributed by atoms with E-state index in [0.717, 1.165) is 0 Å². The lowest BCUT2D eigenvalue weighted by atomic mass is 10.1. The van der Waals surface area contributed by atoms with Crippen molar-refractivity contribution >= 4 is 21.7 Å². The van der Waals surface area contributed by atoms with Gasteiger partial charge in [0, 0.05) is 12.1 Å². The van der Waals surface area contributed by atoms with Crippen molar-refractivity contribution in [2.75, 3.05) is 13.7 Å². The number of carbonyl (C=O) groups excluding carboxylic acids is 1. The Morgan fingerprint density at radius 3 is 2.76 bits per heavy atom. The molecule has 1 heterocycles. The van der Waals surface area contributed by atoms with E-state index in [0.29, 0.717) is 5.56 Å². The van der Waals surface area contributed by atoms with Gasteiger partial charge in [-0.15, -0.1) is 0 Å². The molecule has 0 bridgehead atoms. The SMILES string of the molecule is COC(=O)c1ccc2c(c1)C(CN)=NS2(=O)=O. The number of benzene rings is 1. The van der Waals surface area contributed by atoms with Gasteiger partial charge in [0.25, 0.3) is 10.0 Å². The molecule has 0 unspecified atom stereocenters. The highest BCUT2D eigenvalue weighted by Gasteiger charge is 2.28. The minimum absolute atomic E-state index is 0.00312. The lowest BCUT2D eigenvalue weighted by Crippen LogP contribution is -2.14. The number of carbonyl (C=O) groups is 1. The van der Waals surface area contributed by atoms with Gasteiger partial charge < -0.3 is 10.5 Å². The Hall–Kier alpha value is -1.73. The molecule has 0 radical (unpaired) electrons. The van der Waals surface area contributed by atoms with E-state index in [1.54, 1.807) is 0 Å². The van der Waals surface area contributed by atoms with E-state index < -0.39 is 16.0 Å². The molecule has 7 heteroatoms. The maximum Gasteiger partial charge on any atom is 0.337 e. The molecule has 1 aromatic rings. The Labute approximate surface area is 98.2 Å². The molecule has 0 aromatic heterocycles. The fourth-order valence-electron chi connectivity index (χ4n) is 1.62. The van der Waals surface area contributed by atoms with Crippen LogP contribution in [0, 0.1) is 0 Å². The Morgan fingerprint density at radius 1 is 1.47 bits per heavy atom. The van der Waals surface area contributed by atoms with Crippen molar-refractivity contribution in [3.63, 3.8) is 0 Å². The van der Waals surface area contributed by atoms with E-state index in [4.69, 9.17) is 5.73 Å². The van der Waals surface area contributed by atoms with Gasteiger partial charge in [-0.3, -0.25) is 0 Å². The molecule has 1 aromatic carbocycles. The average Bonchev–Trinajstić information content (AvgIpc) is 2.59. The molecule has 0 spiro atoms. The second kappa shape index (κ2) is 3.94. The zero-order valence-corrected chi connectivity index (χ0v) is 9.82. The van der Waals surface area contributed by atoms with Gasteiger partial charge in [0.15, 0.2) is 0 Å². The first kappa shape index (κ1) is 11.7. The number of methoxy groups -OCH3 is 1. The van der Waals surface area contributed by atoms with Gasteiger partial charge in [-0.1, -0.05) is 0 Å². The van der Waals surface area contributed by atoms with Crippen LogP contribution in [0.4, 0.5) is 0 Å². The predicted molar refractivity (Wildman–Crippen MR) is 60.6 cm³/mol. The van der Waals surface area contributed by atoms with Gasteiger partial charge in [0.05, 0.1) is 23.3 Å². The number of hydrogen-bond acceptors (Lipinski definition) is 5. The number of nitrogens with two attached hydrogens (primary N) is 1. The van der Waals surface area contributed by atoms with Crippen molar-refractivity contribution in [2.24, 2.45) is 10.1 Å². The van der Waals surface area contributed by atoms with Crippen LogP contribution >= 0.6 is 0 Å². The third-order valence-corrected chi connectivity index (χ3v) is 3.79. The monoisotopic (exact) mass is 254 g/mol. The molecule has 17 heavy (non-hydrogen) atoms. The van der Waals surface area contributed by atoms with Gasteiger partial charge in [0.1, 0.15) is 0 Å². The van der Waals surface area contributed by atoms with Gasteiger partial charge in [0.2, 0.25) is 0 Å². The van der Waals surface area contributed by atoms with Crippen LogP contribution in [-0.2, 0) is 14.8 Å². The van der Waals surface area contributed by atoms with Crippen LogP contribution in [0.25, 0.3) is 0 Å². The number of ether oxygens (including phenoxy) is 1. The number of esters is 1. The van der Waals surface area contributed by atoms with Crippen molar-refractivity contribution in [1.82, 2.24) is 0 Å². The maximum absolute atomic E-state index is 11.6. The molecule has 2 N–H and O–H groups in total. The third-order valence-electron chi connectivity index (χ3n) is 2.41. The first-order valence-electron chi connectivity index (χ1n) is 4.76. The smallest absolute Gasteiger partial charge is 0.337 e. The van der Waals surface area contributed by atoms with Gasteiger partial charge in [-0.05, 0) is 18.2 Å². The van der Waals surface area contributed by atoms with Crippen molar-refractivity contribution in [2.45, 2.75) is 4.90 Å². The standard InChI is InChI=1S/C10H10N2O4S/c1-16-10(13)6-2-3-9-7(4-6)8(5-11)12-17(9,14)15/h2-4H,5,11H2,1H3. The quantitative estimate of drug-likeness (QED) is 0.744. The largest absolute Gasteiger partial charge is 0.465 e. The number of sulfonamides is 1. The first-order chi connectivity index (χ1) is 7.99. The Kier molecular flexibility index (Phi) is 2.72. The summed E-state index contributed by atoms with van der Waals surface area (Å²) in [6, 6.07) is 4.15. The van der Waals surface area contributed by atoms with Crippen LogP contribution in [0.2, 0.25) is 0 Å². The molecule has 2 rings (SSSR count). The molecular formula is C10H10N2O4S. The van der Waals surface area contributed by atoms with Crippen LogP contribution in [0.5, 0.6) is 0 Å². The van der Waals surface area contributed by atoms with Crippen molar-refractivity contribution in [3.05, 3.63) is 29.3 Å². The molecule has 90 valence electrons. The van der Waals surface area contributed by atoms with Crippen molar-refractivity contribution in [1.29, 1.82) is 0 Å². The third kappa shape index (κ3) is 1.83. The van der Waals surface area contributed by atoms with E-state index >= 15 is 0 Å². The van der Waals surface area contributed by atoms with Crippen LogP contribution in [0.15, 0.2) is 27.5 Å². The van der Waals surface area contributed by atoms with Gasteiger partial charge in [-0.25, -0.2) is 4.79 Å². The molecule has 1 aliphatic heterocycles. The van der Waals surface area contributed by atoms with E-state index in [1.165, 1.54) is 25.3 Å². The van der Waals surface area contributed by atoms with Crippen LogP contribution in [0.3, 0.4) is 0 Å². The number of nitrogens with zero attached hydrogens (tertiary/aromatic N) is 1. The normalized spacial score (nSPS) is 16.2. The highest BCUT2D eigenvalue weighted by molar-refractivity contribution is 7.90. The van der Waals surface area contributed by atoms with E-state index in [9.17, 15) is 13.2 Å². The minimum Gasteiger partial charge on any atom is -0.465 e. The first-order valence-corrected chi connectivity index (χ1v) is 6.20.